The lowest BCUT2D eigenvalue weighted by molar-refractivity contribution is -0.205. The number of halogens is 2. The van der Waals surface area contributed by atoms with Crippen molar-refractivity contribution in [3.8, 4) is 0 Å². The Morgan fingerprint density at radius 3 is 2.14 bits per heavy atom. The summed E-state index contributed by atoms with van der Waals surface area (Å²) in [6.45, 7) is 5.33. The van der Waals surface area contributed by atoms with Gasteiger partial charge in [-0.25, -0.2) is 8.78 Å². The lowest BCUT2D eigenvalue weighted by Gasteiger charge is -2.43. The van der Waals surface area contributed by atoms with Crippen LogP contribution in [0.1, 0.15) is 26.7 Å². The van der Waals surface area contributed by atoms with E-state index >= 15 is 0 Å². The first-order valence-corrected chi connectivity index (χ1v) is 5.10. The van der Waals surface area contributed by atoms with Gasteiger partial charge in [-0.2, -0.15) is 0 Å². The summed E-state index contributed by atoms with van der Waals surface area (Å²) in [4.78, 5) is 2.17. The van der Waals surface area contributed by atoms with Crippen LogP contribution < -0.4 is 0 Å². The number of rotatable bonds is 3. The molecule has 2 nitrogen and oxygen atoms in total. The lowest BCUT2D eigenvalue weighted by Crippen LogP contribution is -2.55. The molecule has 0 radical (unpaired) electrons. The van der Waals surface area contributed by atoms with Gasteiger partial charge in [0.2, 0.25) is 0 Å². The van der Waals surface area contributed by atoms with Crippen LogP contribution in [-0.2, 0) is 4.74 Å². The molecule has 4 heteroatoms. The number of hydrogen-bond acceptors (Lipinski definition) is 2. The summed E-state index contributed by atoms with van der Waals surface area (Å²) < 4.78 is 31.8. The Labute approximate surface area is 84.2 Å². The summed E-state index contributed by atoms with van der Waals surface area (Å²) in [5.41, 5.74) is -1.24. The van der Waals surface area contributed by atoms with Gasteiger partial charge in [-0.1, -0.05) is 6.92 Å². The summed E-state index contributed by atoms with van der Waals surface area (Å²) in [7, 11) is 1.39. The molecule has 84 valence electrons. The molecule has 1 fully saturated rings. The SMILES string of the molecule is CCN1CCC(OC)(C(C)(F)F)CC1. The normalized spacial score (nSPS) is 23.8. The molecule has 1 aliphatic heterocycles. The van der Waals surface area contributed by atoms with E-state index in [4.69, 9.17) is 4.74 Å². The van der Waals surface area contributed by atoms with Crippen molar-refractivity contribution in [1.82, 2.24) is 4.90 Å². The zero-order valence-corrected chi connectivity index (χ0v) is 9.15. The Hall–Kier alpha value is -0.220. The fourth-order valence-corrected chi connectivity index (χ4v) is 2.05. The molecule has 1 saturated heterocycles. The molecule has 0 atom stereocenters. The number of nitrogens with zero attached hydrogens (tertiary/aromatic N) is 1. The van der Waals surface area contributed by atoms with E-state index < -0.39 is 11.5 Å². The zero-order chi connectivity index (χ0) is 10.8. The Balaban J connectivity index is 2.66. The maximum atomic E-state index is 13.4. The van der Waals surface area contributed by atoms with Crippen LogP contribution in [0.3, 0.4) is 0 Å². The second kappa shape index (κ2) is 4.11. The molecule has 0 saturated carbocycles. The third-order valence-electron chi connectivity index (χ3n) is 3.30. The molecule has 1 rings (SSSR count). The van der Waals surface area contributed by atoms with Crippen LogP contribution in [0.2, 0.25) is 0 Å². The number of piperidine rings is 1. The molecule has 14 heavy (non-hydrogen) atoms. The molecule has 0 bridgehead atoms. The van der Waals surface area contributed by atoms with Gasteiger partial charge >= 0.3 is 0 Å². The van der Waals surface area contributed by atoms with Crippen LogP contribution in [0.4, 0.5) is 8.78 Å². The maximum Gasteiger partial charge on any atom is 0.273 e. The second-order valence-electron chi connectivity index (χ2n) is 4.02. The standard InChI is InChI=1S/C10H19F2NO/c1-4-13-7-5-10(14-3,6-8-13)9(2,11)12/h4-8H2,1-3H3. The van der Waals surface area contributed by atoms with Crippen LogP contribution >= 0.6 is 0 Å². The monoisotopic (exact) mass is 207 g/mol. The van der Waals surface area contributed by atoms with E-state index in [1.54, 1.807) is 0 Å². The van der Waals surface area contributed by atoms with Gasteiger partial charge < -0.3 is 9.64 Å². The Morgan fingerprint density at radius 2 is 1.86 bits per heavy atom. The van der Waals surface area contributed by atoms with Crippen molar-refractivity contribution in [1.29, 1.82) is 0 Å². The molecule has 0 spiro atoms. The number of likely N-dealkylation sites (tertiary alicyclic amines) is 1. The highest BCUT2D eigenvalue weighted by molar-refractivity contribution is 4.96. The molecular formula is C10H19F2NO. The predicted molar refractivity (Wildman–Crippen MR) is 51.7 cm³/mol. The summed E-state index contributed by atoms with van der Waals surface area (Å²) in [5, 5.41) is 0. The van der Waals surface area contributed by atoms with Crippen molar-refractivity contribution < 1.29 is 13.5 Å². The van der Waals surface area contributed by atoms with Gasteiger partial charge in [0.15, 0.2) is 0 Å². The summed E-state index contributed by atoms with van der Waals surface area (Å²) >= 11 is 0. The molecule has 1 heterocycles. The van der Waals surface area contributed by atoms with Gasteiger partial charge in [0.1, 0.15) is 5.60 Å². The third kappa shape index (κ3) is 2.06. The molecule has 0 N–H and O–H groups in total. The first-order valence-electron chi connectivity index (χ1n) is 5.10. The molecule has 0 unspecified atom stereocenters. The Morgan fingerprint density at radius 1 is 1.36 bits per heavy atom. The average molecular weight is 207 g/mol. The zero-order valence-electron chi connectivity index (χ0n) is 9.15. The van der Waals surface area contributed by atoms with Crippen molar-refractivity contribution in [3.05, 3.63) is 0 Å². The van der Waals surface area contributed by atoms with E-state index in [1.807, 2.05) is 6.92 Å². The minimum atomic E-state index is -2.75. The smallest absolute Gasteiger partial charge is 0.273 e. The highest BCUT2D eigenvalue weighted by Crippen LogP contribution is 2.39. The molecule has 0 aromatic carbocycles. The Bertz CT molecular complexity index is 183. The fraction of sp³-hybridized carbons (Fsp3) is 1.00. The Kier molecular flexibility index (Phi) is 3.48. The van der Waals surface area contributed by atoms with Crippen LogP contribution in [0, 0.1) is 0 Å². The highest BCUT2D eigenvalue weighted by Gasteiger charge is 2.51. The van der Waals surface area contributed by atoms with Crippen LogP contribution in [-0.4, -0.2) is 43.2 Å². The highest BCUT2D eigenvalue weighted by atomic mass is 19.3. The van der Waals surface area contributed by atoms with Crippen molar-refractivity contribution in [2.75, 3.05) is 26.7 Å². The number of hydrogen-bond donors (Lipinski definition) is 0. The predicted octanol–water partition coefficient (Wildman–Crippen LogP) is 2.14. The van der Waals surface area contributed by atoms with Gasteiger partial charge in [0, 0.05) is 27.1 Å². The van der Waals surface area contributed by atoms with Crippen molar-refractivity contribution in [3.63, 3.8) is 0 Å². The van der Waals surface area contributed by atoms with Gasteiger partial charge in [-0.05, 0) is 19.4 Å². The first kappa shape index (κ1) is 11.9. The molecular weight excluding hydrogens is 188 g/mol. The van der Waals surface area contributed by atoms with E-state index in [-0.39, 0.29) is 0 Å². The van der Waals surface area contributed by atoms with E-state index in [2.05, 4.69) is 4.90 Å². The van der Waals surface area contributed by atoms with Crippen molar-refractivity contribution in [2.24, 2.45) is 0 Å². The summed E-state index contributed by atoms with van der Waals surface area (Å²) in [6, 6.07) is 0. The van der Waals surface area contributed by atoms with Gasteiger partial charge in [0.05, 0.1) is 0 Å². The minimum absolute atomic E-state index is 0.418. The molecule has 0 aromatic heterocycles. The first-order chi connectivity index (χ1) is 6.45. The number of ether oxygens (including phenoxy) is 1. The van der Waals surface area contributed by atoms with Gasteiger partial charge in [-0.15, -0.1) is 0 Å². The number of alkyl halides is 2. The van der Waals surface area contributed by atoms with Gasteiger partial charge in [-0.3, -0.25) is 0 Å². The van der Waals surface area contributed by atoms with E-state index in [1.165, 1.54) is 7.11 Å². The third-order valence-corrected chi connectivity index (χ3v) is 3.30. The molecule has 1 aliphatic rings. The number of methoxy groups -OCH3 is 1. The van der Waals surface area contributed by atoms with Crippen LogP contribution in [0.5, 0.6) is 0 Å². The van der Waals surface area contributed by atoms with Gasteiger partial charge in [0.25, 0.3) is 5.92 Å². The average Bonchev–Trinajstić information content (AvgIpc) is 2.16. The lowest BCUT2D eigenvalue weighted by atomic mass is 9.85. The largest absolute Gasteiger partial charge is 0.372 e. The fourth-order valence-electron chi connectivity index (χ4n) is 2.05. The van der Waals surface area contributed by atoms with Crippen LogP contribution in [0.15, 0.2) is 0 Å². The maximum absolute atomic E-state index is 13.4. The summed E-state index contributed by atoms with van der Waals surface area (Å²) in [6.07, 6.45) is 0.835. The minimum Gasteiger partial charge on any atom is -0.372 e. The molecule has 0 aliphatic carbocycles. The summed E-state index contributed by atoms with van der Waals surface area (Å²) in [5.74, 6) is -2.75. The van der Waals surface area contributed by atoms with E-state index in [0.29, 0.717) is 25.9 Å². The van der Waals surface area contributed by atoms with Crippen molar-refractivity contribution in [2.45, 2.75) is 38.2 Å². The molecule has 0 aromatic rings. The molecule has 0 amide bonds. The van der Waals surface area contributed by atoms with Crippen LogP contribution in [0.25, 0.3) is 0 Å². The topological polar surface area (TPSA) is 12.5 Å². The van der Waals surface area contributed by atoms with Crippen molar-refractivity contribution >= 4 is 0 Å². The quantitative estimate of drug-likeness (QED) is 0.703. The van der Waals surface area contributed by atoms with E-state index in [9.17, 15) is 8.78 Å². The van der Waals surface area contributed by atoms with E-state index in [0.717, 1.165) is 13.5 Å². The second-order valence-corrected chi connectivity index (χ2v) is 4.02.